The minimum Gasteiger partial charge on any atom is -0.748 e. The molecular formula is C4H12O12Pb2S4. The predicted molar refractivity (Wildman–Crippen MR) is 74.0 cm³/mol. The van der Waals surface area contributed by atoms with Crippen molar-refractivity contribution in [3.8, 4) is 0 Å². The van der Waals surface area contributed by atoms with Gasteiger partial charge in [-0.1, -0.05) is 0 Å². The molecule has 0 aliphatic rings. The summed E-state index contributed by atoms with van der Waals surface area (Å²) in [6.07, 6.45) is 2.42. The number of hydrogen-bond acceptors (Lipinski definition) is 12. The molecule has 18 heteroatoms. The van der Waals surface area contributed by atoms with Gasteiger partial charge in [-0.3, -0.25) is 0 Å². The van der Waals surface area contributed by atoms with Gasteiger partial charge in [0.25, 0.3) is 0 Å². The molecule has 0 spiro atoms. The van der Waals surface area contributed by atoms with Crippen LogP contribution in [-0.4, -0.2) is 132 Å². The third-order valence-corrected chi connectivity index (χ3v) is 0. The fourth-order valence-electron chi connectivity index (χ4n) is 0. The molecule has 0 aromatic carbocycles. The molecule has 0 saturated carbocycles. The number of rotatable bonds is 0. The van der Waals surface area contributed by atoms with E-state index in [-0.39, 0.29) is 54.6 Å². The molecule has 0 amide bonds. The van der Waals surface area contributed by atoms with Gasteiger partial charge >= 0.3 is 54.6 Å². The van der Waals surface area contributed by atoms with Crippen molar-refractivity contribution in [3.05, 3.63) is 0 Å². The second-order valence-corrected chi connectivity index (χ2v) is 8.45. The van der Waals surface area contributed by atoms with E-state index in [4.69, 9.17) is 51.9 Å². The van der Waals surface area contributed by atoms with Gasteiger partial charge in [0, 0.05) is 25.0 Å². The SMILES string of the molecule is CS(=O)(=O)[O-].CS(=O)(=O)[O-].CS(=O)(=O)[O-].CS(=O)(=O)[O-].[Pb+2].[Pb+2]. The van der Waals surface area contributed by atoms with Gasteiger partial charge < -0.3 is 18.2 Å². The number of hydrogen-bond donors (Lipinski definition) is 0. The zero-order valence-corrected chi connectivity index (χ0v) is 22.6. The summed E-state index contributed by atoms with van der Waals surface area (Å²) in [6.45, 7) is 0. The third kappa shape index (κ3) is 4090. The Kier molecular flexibility index (Phi) is 28.2. The standard InChI is InChI=1S/4CH4O3S.2Pb/c4*1-5(2,3)4;;/h4*1H3,(H,2,3,4);;/q;;;;2*+2/p-4. The van der Waals surface area contributed by atoms with Crippen molar-refractivity contribution < 1.29 is 51.9 Å². The van der Waals surface area contributed by atoms with Gasteiger partial charge in [-0.2, -0.15) is 0 Å². The third-order valence-electron chi connectivity index (χ3n) is 0. The van der Waals surface area contributed by atoms with Crippen LogP contribution in [0.3, 0.4) is 0 Å². The van der Waals surface area contributed by atoms with Gasteiger partial charge in [0.1, 0.15) is 0 Å². The summed E-state index contributed by atoms with van der Waals surface area (Å²) in [4.78, 5) is 0. The molecule has 0 fully saturated rings. The van der Waals surface area contributed by atoms with E-state index in [2.05, 4.69) is 0 Å². The Labute approximate surface area is 170 Å². The van der Waals surface area contributed by atoms with Gasteiger partial charge in [0.15, 0.2) is 0 Å². The molecule has 0 bridgehead atoms. The van der Waals surface area contributed by atoms with Crippen LogP contribution in [0.5, 0.6) is 0 Å². The van der Waals surface area contributed by atoms with Gasteiger partial charge in [-0.15, -0.1) is 0 Å². The van der Waals surface area contributed by atoms with Crippen LogP contribution in [0, 0.1) is 0 Å². The summed E-state index contributed by atoms with van der Waals surface area (Å²) in [6, 6.07) is 0. The molecule has 22 heavy (non-hydrogen) atoms. The second-order valence-electron chi connectivity index (χ2n) is 2.82. The average Bonchev–Trinajstić information content (AvgIpc) is 1.62. The smallest absolute Gasteiger partial charge is 0.748 e. The maximum absolute atomic E-state index is 9.08. The van der Waals surface area contributed by atoms with Gasteiger partial charge in [-0.05, 0) is 0 Å². The first-order valence-electron chi connectivity index (χ1n) is 3.63. The van der Waals surface area contributed by atoms with Crippen molar-refractivity contribution in [1.29, 1.82) is 0 Å². The molecule has 0 aromatic rings. The molecule has 0 aliphatic carbocycles. The van der Waals surface area contributed by atoms with E-state index in [9.17, 15) is 0 Å². The average molecular weight is 795 g/mol. The van der Waals surface area contributed by atoms with Crippen LogP contribution in [0.4, 0.5) is 0 Å². The summed E-state index contributed by atoms with van der Waals surface area (Å²) in [5.74, 6) is 0. The van der Waals surface area contributed by atoms with Gasteiger partial charge in [0.2, 0.25) is 0 Å². The molecule has 0 saturated heterocycles. The molecule has 0 heterocycles. The fraction of sp³-hybridized carbons (Fsp3) is 1.00. The van der Waals surface area contributed by atoms with Crippen LogP contribution in [0.1, 0.15) is 0 Å². The molecule has 0 atom stereocenters. The molecule has 132 valence electrons. The molecule has 0 N–H and O–H groups in total. The first-order chi connectivity index (χ1) is 8.00. The molecule has 0 rings (SSSR count). The van der Waals surface area contributed by atoms with Crippen molar-refractivity contribution >= 4 is 95.1 Å². The van der Waals surface area contributed by atoms with Gasteiger partial charge in [0.05, 0.1) is 40.5 Å². The zero-order valence-electron chi connectivity index (χ0n) is 11.5. The maximum atomic E-state index is 9.08. The van der Waals surface area contributed by atoms with Crippen LogP contribution in [0.15, 0.2) is 0 Å². The Morgan fingerprint density at radius 2 is 0.409 bits per heavy atom. The summed E-state index contributed by atoms with van der Waals surface area (Å²) in [5.41, 5.74) is 0. The Bertz CT molecular complexity index is 490. The molecule has 0 aliphatic heterocycles. The Balaban J connectivity index is -0.0000000376. The van der Waals surface area contributed by atoms with E-state index < -0.39 is 40.5 Å². The van der Waals surface area contributed by atoms with E-state index in [1.807, 2.05) is 0 Å². The Morgan fingerprint density at radius 1 is 0.409 bits per heavy atom. The van der Waals surface area contributed by atoms with Gasteiger partial charge in [-0.25, -0.2) is 33.7 Å². The van der Waals surface area contributed by atoms with Crippen LogP contribution >= 0.6 is 0 Å². The summed E-state index contributed by atoms with van der Waals surface area (Å²) < 4.78 is 109. The molecule has 0 aromatic heterocycles. The van der Waals surface area contributed by atoms with Crippen LogP contribution in [0.25, 0.3) is 0 Å². The topological polar surface area (TPSA) is 229 Å². The van der Waals surface area contributed by atoms with E-state index in [1.54, 1.807) is 0 Å². The molecule has 0 unspecified atom stereocenters. The molecular weight excluding hydrogens is 783 g/mol. The van der Waals surface area contributed by atoms with Crippen molar-refractivity contribution in [2.45, 2.75) is 0 Å². The van der Waals surface area contributed by atoms with E-state index in [0.29, 0.717) is 25.0 Å². The van der Waals surface area contributed by atoms with Crippen molar-refractivity contribution in [3.63, 3.8) is 0 Å². The summed E-state index contributed by atoms with van der Waals surface area (Å²) >= 11 is 0. The molecule has 4 radical (unpaired) electrons. The first kappa shape index (κ1) is 38.8. The Morgan fingerprint density at radius 3 is 0.409 bits per heavy atom. The Hall–Kier alpha value is 1.48. The minimum absolute atomic E-state index is 0. The molecule has 12 nitrogen and oxygen atoms in total. The van der Waals surface area contributed by atoms with E-state index in [1.165, 1.54) is 0 Å². The van der Waals surface area contributed by atoms with E-state index in [0.717, 1.165) is 0 Å². The summed E-state index contributed by atoms with van der Waals surface area (Å²) in [5, 5.41) is 0. The fourth-order valence-corrected chi connectivity index (χ4v) is 0. The zero-order chi connectivity index (χ0) is 18.0. The maximum Gasteiger partial charge on any atom is 2.00 e. The summed E-state index contributed by atoms with van der Waals surface area (Å²) in [7, 11) is -15.7. The van der Waals surface area contributed by atoms with E-state index >= 15 is 0 Å². The minimum atomic E-state index is -3.92. The second kappa shape index (κ2) is 16.0. The van der Waals surface area contributed by atoms with Crippen molar-refractivity contribution in [2.75, 3.05) is 25.0 Å². The predicted octanol–water partition coefficient (Wildman–Crippen LogP) is -4.12. The van der Waals surface area contributed by atoms with Crippen LogP contribution in [-0.2, 0) is 40.5 Å². The normalized spacial score (nSPS) is 10.5. The van der Waals surface area contributed by atoms with Crippen LogP contribution in [0.2, 0.25) is 0 Å². The monoisotopic (exact) mass is 796 g/mol. The largest absolute Gasteiger partial charge is 2.00 e. The van der Waals surface area contributed by atoms with Crippen molar-refractivity contribution in [1.82, 2.24) is 0 Å². The van der Waals surface area contributed by atoms with Crippen molar-refractivity contribution in [2.24, 2.45) is 0 Å². The van der Waals surface area contributed by atoms with Crippen LogP contribution < -0.4 is 0 Å². The quantitative estimate of drug-likeness (QED) is 0.168. The first-order valence-corrected chi connectivity index (χ1v) is 10.9.